The molecule has 0 amide bonds. The summed E-state index contributed by atoms with van der Waals surface area (Å²) in [4.78, 5) is 42.5. The molecule has 0 aromatic carbocycles. The highest BCUT2D eigenvalue weighted by atomic mass is 31.2. The first-order valence-electron chi connectivity index (χ1n) is 6.84. The smallest absolute Gasteiger partial charge is 0.216 e. The van der Waals surface area contributed by atoms with E-state index < -0.39 is 53.6 Å². The van der Waals surface area contributed by atoms with Crippen molar-refractivity contribution in [3.63, 3.8) is 0 Å². The quantitative estimate of drug-likeness (QED) is 0.348. The largest absolute Gasteiger partial charge is 0.790 e. The zero-order valence-electron chi connectivity index (χ0n) is 13.0. The molecule has 0 aromatic rings. The predicted octanol–water partition coefficient (Wildman–Crippen LogP) is -2.81. The van der Waals surface area contributed by atoms with Crippen molar-refractivity contribution in [2.45, 2.75) is 25.4 Å². The van der Waals surface area contributed by atoms with Gasteiger partial charge in [0.2, 0.25) is 11.6 Å². The Morgan fingerprint density at radius 2 is 1.17 bits per heavy atom. The van der Waals surface area contributed by atoms with Crippen molar-refractivity contribution < 1.29 is 56.7 Å². The molecule has 0 spiro atoms. The van der Waals surface area contributed by atoms with Gasteiger partial charge in [-0.25, -0.2) is 0 Å². The van der Waals surface area contributed by atoms with Crippen LogP contribution in [0.1, 0.15) is 13.8 Å². The second-order valence-electron chi connectivity index (χ2n) is 4.71. The monoisotopic (exact) mass is 392 g/mol. The lowest BCUT2D eigenvalue weighted by Gasteiger charge is -2.46. The van der Waals surface area contributed by atoms with Gasteiger partial charge in [-0.15, -0.1) is 0 Å². The van der Waals surface area contributed by atoms with Crippen molar-refractivity contribution in [2.75, 3.05) is 39.6 Å². The molecule has 1 aliphatic rings. The molecule has 0 bridgehead atoms. The molecule has 1 fully saturated rings. The second-order valence-corrected chi connectivity index (χ2v) is 7.01. The Morgan fingerprint density at radius 1 is 0.833 bits per heavy atom. The number of hydrogen-bond donors (Lipinski definition) is 0. The highest BCUT2D eigenvalue weighted by molar-refractivity contribution is 7.43. The minimum Gasteiger partial charge on any atom is -0.790 e. The molecule has 0 N–H and O–H groups in total. The van der Waals surface area contributed by atoms with Crippen LogP contribution in [0.5, 0.6) is 0 Å². The van der Waals surface area contributed by atoms with Crippen molar-refractivity contribution >= 4 is 15.6 Å². The van der Waals surface area contributed by atoms with Gasteiger partial charge in [-0.05, 0) is 13.8 Å². The Kier molecular flexibility index (Phi) is 7.95. The second kappa shape index (κ2) is 8.63. The number of rotatable bonds is 10. The Balaban J connectivity index is 2.78. The molecule has 0 saturated carbocycles. The maximum atomic E-state index is 10.6. The Morgan fingerprint density at radius 3 is 1.38 bits per heavy atom. The van der Waals surface area contributed by atoms with E-state index in [2.05, 4.69) is 9.05 Å². The molecule has 1 saturated heterocycles. The standard InChI is InChI=1S/C10H22O12P2/c1-3-17-9(7-21-23(11,12)13)5-20-10(6-19-9,18-4-2)8-22-24(14,15)16/h3-8H2,1-2H3,(H2,11,12,13)(H2,14,15,16)/p-4. The summed E-state index contributed by atoms with van der Waals surface area (Å²) in [7, 11) is -10.5. The summed E-state index contributed by atoms with van der Waals surface area (Å²) in [5, 5.41) is 0. The number of phosphoric ester groups is 2. The summed E-state index contributed by atoms with van der Waals surface area (Å²) >= 11 is 0. The summed E-state index contributed by atoms with van der Waals surface area (Å²) in [6.07, 6.45) is 0. The predicted molar refractivity (Wildman–Crippen MR) is 67.7 cm³/mol. The van der Waals surface area contributed by atoms with E-state index >= 15 is 0 Å². The molecule has 0 aliphatic carbocycles. The average Bonchev–Trinajstić information content (AvgIpc) is 2.45. The van der Waals surface area contributed by atoms with Crippen LogP contribution in [0.2, 0.25) is 0 Å². The van der Waals surface area contributed by atoms with Crippen LogP contribution in [0.25, 0.3) is 0 Å². The van der Waals surface area contributed by atoms with Gasteiger partial charge >= 0.3 is 0 Å². The van der Waals surface area contributed by atoms with Crippen molar-refractivity contribution in [3.05, 3.63) is 0 Å². The van der Waals surface area contributed by atoms with Crippen LogP contribution in [0.3, 0.4) is 0 Å². The summed E-state index contributed by atoms with van der Waals surface area (Å²) in [6.45, 7) is 0.839. The van der Waals surface area contributed by atoms with E-state index in [0.29, 0.717) is 0 Å². The van der Waals surface area contributed by atoms with E-state index in [1.807, 2.05) is 0 Å². The van der Waals surface area contributed by atoms with Gasteiger partial charge in [0.1, 0.15) is 26.4 Å². The summed E-state index contributed by atoms with van der Waals surface area (Å²) < 4.78 is 50.8. The lowest BCUT2D eigenvalue weighted by Crippen LogP contribution is -2.60. The fourth-order valence-corrected chi connectivity index (χ4v) is 2.57. The number of phosphoric acid groups is 2. The molecule has 0 aromatic heterocycles. The van der Waals surface area contributed by atoms with Crippen LogP contribution in [-0.4, -0.2) is 51.2 Å². The van der Waals surface area contributed by atoms with Gasteiger partial charge in [-0.3, -0.25) is 0 Å². The van der Waals surface area contributed by atoms with Crippen molar-refractivity contribution in [2.24, 2.45) is 0 Å². The minimum atomic E-state index is -5.27. The molecule has 12 nitrogen and oxygen atoms in total. The van der Waals surface area contributed by atoms with Crippen LogP contribution in [0, 0.1) is 0 Å². The Labute approximate surface area is 138 Å². The molecule has 14 heteroatoms. The van der Waals surface area contributed by atoms with Crippen molar-refractivity contribution in [1.29, 1.82) is 0 Å². The highest BCUT2D eigenvalue weighted by Gasteiger charge is 2.47. The van der Waals surface area contributed by atoms with Crippen LogP contribution < -0.4 is 19.6 Å². The van der Waals surface area contributed by atoms with Crippen molar-refractivity contribution in [1.82, 2.24) is 0 Å². The first-order valence-corrected chi connectivity index (χ1v) is 9.76. The SMILES string of the molecule is CCOC1(COP(=O)([O-])[O-])COC(COP(=O)([O-])[O-])(OCC)CO1. The third kappa shape index (κ3) is 7.52. The molecule has 2 unspecified atom stereocenters. The maximum absolute atomic E-state index is 10.6. The third-order valence-electron chi connectivity index (χ3n) is 2.81. The highest BCUT2D eigenvalue weighted by Crippen LogP contribution is 2.35. The molecule has 144 valence electrons. The van der Waals surface area contributed by atoms with Crippen LogP contribution in [0.15, 0.2) is 0 Å². The van der Waals surface area contributed by atoms with E-state index in [4.69, 9.17) is 18.9 Å². The van der Waals surface area contributed by atoms with Crippen LogP contribution in [0.4, 0.5) is 0 Å². The number of ether oxygens (including phenoxy) is 4. The van der Waals surface area contributed by atoms with Gasteiger partial charge < -0.3 is 56.7 Å². The summed E-state index contributed by atoms with van der Waals surface area (Å²) in [6, 6.07) is 0. The first-order chi connectivity index (χ1) is 10.9. The third-order valence-corrected chi connectivity index (χ3v) is 3.70. The van der Waals surface area contributed by atoms with Gasteiger partial charge in [-0.2, -0.15) is 0 Å². The minimum absolute atomic E-state index is 0.0726. The molecule has 24 heavy (non-hydrogen) atoms. The lowest BCUT2D eigenvalue weighted by molar-refractivity contribution is -0.406. The molecular weight excluding hydrogens is 374 g/mol. The average molecular weight is 392 g/mol. The normalized spacial score (nSPS) is 28.9. The van der Waals surface area contributed by atoms with E-state index in [9.17, 15) is 28.7 Å². The van der Waals surface area contributed by atoms with Crippen molar-refractivity contribution in [3.8, 4) is 0 Å². The molecule has 1 heterocycles. The zero-order chi connectivity index (χ0) is 18.5. The molecule has 2 atom stereocenters. The number of hydrogen-bond acceptors (Lipinski definition) is 12. The molecular formula is C10H18O12P2-4. The Bertz CT molecular complexity index is 432. The fourth-order valence-electron chi connectivity index (χ4n) is 1.86. The van der Waals surface area contributed by atoms with Crippen LogP contribution >= 0.6 is 15.6 Å². The Hall–Kier alpha value is 0.0600. The first kappa shape index (κ1) is 22.1. The summed E-state index contributed by atoms with van der Waals surface area (Å²) in [5.74, 6) is -3.42. The molecule has 0 radical (unpaired) electrons. The summed E-state index contributed by atoms with van der Waals surface area (Å²) in [5.41, 5.74) is 0. The van der Waals surface area contributed by atoms with E-state index in [1.54, 1.807) is 13.8 Å². The van der Waals surface area contributed by atoms with E-state index in [1.165, 1.54) is 0 Å². The van der Waals surface area contributed by atoms with Gasteiger partial charge in [0, 0.05) is 13.2 Å². The maximum Gasteiger partial charge on any atom is 0.216 e. The van der Waals surface area contributed by atoms with Gasteiger partial charge in [-0.1, -0.05) is 0 Å². The fraction of sp³-hybridized carbons (Fsp3) is 1.00. The van der Waals surface area contributed by atoms with Gasteiger partial charge in [0.15, 0.2) is 0 Å². The molecule has 1 aliphatic heterocycles. The van der Waals surface area contributed by atoms with Gasteiger partial charge in [0.05, 0.1) is 15.6 Å². The topological polar surface area (TPSA) is 182 Å². The zero-order valence-corrected chi connectivity index (χ0v) is 14.8. The van der Waals surface area contributed by atoms with Gasteiger partial charge in [0.25, 0.3) is 0 Å². The lowest BCUT2D eigenvalue weighted by atomic mass is 10.2. The molecule has 1 rings (SSSR count). The van der Waals surface area contributed by atoms with E-state index in [0.717, 1.165) is 0 Å². The van der Waals surface area contributed by atoms with E-state index in [-0.39, 0.29) is 13.2 Å². The van der Waals surface area contributed by atoms with Crippen LogP contribution in [-0.2, 0) is 37.1 Å².